The van der Waals surface area contributed by atoms with Gasteiger partial charge in [0.15, 0.2) is 15.8 Å². The van der Waals surface area contributed by atoms with Gasteiger partial charge < -0.3 is 10.6 Å². The Hall–Kier alpha value is -0.540. The van der Waals surface area contributed by atoms with E-state index in [4.69, 9.17) is 11.6 Å². The van der Waals surface area contributed by atoms with E-state index in [1.165, 1.54) is 0 Å². The highest BCUT2D eigenvalue weighted by molar-refractivity contribution is 14.0. The SMILES string of the molecule is CCNC(=NCC1CCS(=O)(=O)C1)NCCc1ccccc1Cl.I. The summed E-state index contributed by atoms with van der Waals surface area (Å²) in [5.74, 6) is 1.42. The van der Waals surface area contributed by atoms with Gasteiger partial charge in [0.1, 0.15) is 0 Å². The molecule has 0 saturated carbocycles. The lowest BCUT2D eigenvalue weighted by Crippen LogP contribution is -2.38. The third-order valence-corrected chi connectivity index (χ3v) is 6.03. The van der Waals surface area contributed by atoms with Crippen molar-refractivity contribution >= 4 is 51.4 Å². The predicted molar refractivity (Wildman–Crippen MR) is 111 cm³/mol. The molecule has 1 aromatic rings. The molecular weight excluding hydrogens is 461 g/mol. The van der Waals surface area contributed by atoms with E-state index in [1.54, 1.807) is 0 Å². The quantitative estimate of drug-likeness (QED) is 0.369. The molecule has 1 fully saturated rings. The van der Waals surface area contributed by atoms with Gasteiger partial charge in [-0.15, -0.1) is 24.0 Å². The number of nitrogens with zero attached hydrogens (tertiary/aromatic N) is 1. The Bertz CT molecular complexity index is 652. The first-order valence-electron chi connectivity index (χ1n) is 7.96. The van der Waals surface area contributed by atoms with Crippen molar-refractivity contribution < 1.29 is 8.42 Å². The van der Waals surface area contributed by atoms with Crippen LogP contribution >= 0.6 is 35.6 Å². The van der Waals surface area contributed by atoms with E-state index in [-0.39, 0.29) is 35.6 Å². The van der Waals surface area contributed by atoms with Crippen LogP contribution in [-0.2, 0) is 16.3 Å². The summed E-state index contributed by atoms with van der Waals surface area (Å²) in [5, 5.41) is 7.23. The lowest BCUT2D eigenvalue weighted by atomic mass is 10.1. The molecule has 1 aliphatic heterocycles. The van der Waals surface area contributed by atoms with E-state index in [1.807, 2.05) is 31.2 Å². The fourth-order valence-corrected chi connectivity index (χ4v) is 4.67. The van der Waals surface area contributed by atoms with Gasteiger partial charge in [-0.3, -0.25) is 4.99 Å². The summed E-state index contributed by atoms with van der Waals surface area (Å²) >= 11 is 6.14. The summed E-state index contributed by atoms with van der Waals surface area (Å²) in [6.07, 6.45) is 1.52. The molecule has 5 nitrogen and oxygen atoms in total. The number of nitrogens with one attached hydrogen (secondary N) is 2. The normalized spacial score (nSPS) is 19.6. The zero-order chi connectivity index (χ0) is 16.7. The lowest BCUT2D eigenvalue weighted by Gasteiger charge is -2.13. The molecule has 24 heavy (non-hydrogen) atoms. The molecular formula is C16H25ClIN3O2S. The highest BCUT2D eigenvalue weighted by Gasteiger charge is 2.27. The smallest absolute Gasteiger partial charge is 0.191 e. The molecule has 1 unspecified atom stereocenters. The van der Waals surface area contributed by atoms with Gasteiger partial charge in [-0.05, 0) is 37.3 Å². The Kier molecular flexibility index (Phi) is 9.36. The Morgan fingerprint density at radius 1 is 1.33 bits per heavy atom. The van der Waals surface area contributed by atoms with Crippen LogP contribution in [0.4, 0.5) is 0 Å². The van der Waals surface area contributed by atoms with Gasteiger partial charge in [0, 0.05) is 24.7 Å². The Morgan fingerprint density at radius 2 is 2.08 bits per heavy atom. The Balaban J connectivity index is 0.00000288. The van der Waals surface area contributed by atoms with E-state index >= 15 is 0 Å². The van der Waals surface area contributed by atoms with Gasteiger partial charge in [-0.25, -0.2) is 8.42 Å². The van der Waals surface area contributed by atoms with Gasteiger partial charge in [-0.1, -0.05) is 29.8 Å². The fraction of sp³-hybridized carbons (Fsp3) is 0.562. The molecule has 1 saturated heterocycles. The third-order valence-electron chi connectivity index (χ3n) is 3.82. The van der Waals surface area contributed by atoms with Crippen molar-refractivity contribution in [3.8, 4) is 0 Å². The van der Waals surface area contributed by atoms with Gasteiger partial charge in [0.25, 0.3) is 0 Å². The molecule has 0 amide bonds. The van der Waals surface area contributed by atoms with Crippen molar-refractivity contribution in [2.45, 2.75) is 19.8 Å². The molecule has 0 aliphatic carbocycles. The van der Waals surface area contributed by atoms with E-state index in [9.17, 15) is 8.42 Å². The zero-order valence-corrected chi connectivity index (χ0v) is 17.7. The number of hydrogen-bond acceptors (Lipinski definition) is 3. The van der Waals surface area contributed by atoms with Gasteiger partial charge in [0.05, 0.1) is 11.5 Å². The Morgan fingerprint density at radius 3 is 2.71 bits per heavy atom. The molecule has 0 spiro atoms. The summed E-state index contributed by atoms with van der Waals surface area (Å²) in [4.78, 5) is 4.51. The van der Waals surface area contributed by atoms with Crippen LogP contribution in [0.1, 0.15) is 18.9 Å². The molecule has 1 heterocycles. The van der Waals surface area contributed by atoms with Crippen LogP contribution in [0.2, 0.25) is 5.02 Å². The number of guanidine groups is 1. The highest BCUT2D eigenvalue weighted by Crippen LogP contribution is 2.18. The number of hydrogen-bond donors (Lipinski definition) is 2. The standard InChI is InChI=1S/C16H24ClN3O2S.HI/c1-2-18-16(20-11-13-8-10-23(21,22)12-13)19-9-7-14-5-3-4-6-15(14)17;/h3-6,13H,2,7-12H2,1H3,(H2,18,19,20);1H. The second-order valence-electron chi connectivity index (χ2n) is 5.76. The average Bonchev–Trinajstić information content (AvgIpc) is 2.86. The Labute approximate surface area is 166 Å². The van der Waals surface area contributed by atoms with Crippen molar-refractivity contribution in [2.24, 2.45) is 10.9 Å². The van der Waals surface area contributed by atoms with Crippen LogP contribution in [0.5, 0.6) is 0 Å². The number of benzene rings is 1. The first kappa shape index (κ1) is 21.5. The minimum atomic E-state index is -2.84. The molecule has 2 N–H and O–H groups in total. The van der Waals surface area contributed by atoms with Crippen molar-refractivity contribution in [3.05, 3.63) is 34.9 Å². The van der Waals surface area contributed by atoms with Crippen LogP contribution < -0.4 is 10.6 Å². The van der Waals surface area contributed by atoms with Crippen molar-refractivity contribution in [3.63, 3.8) is 0 Å². The van der Waals surface area contributed by atoms with E-state index < -0.39 is 9.84 Å². The molecule has 8 heteroatoms. The minimum Gasteiger partial charge on any atom is -0.357 e. The zero-order valence-electron chi connectivity index (χ0n) is 13.8. The van der Waals surface area contributed by atoms with Crippen LogP contribution in [0.25, 0.3) is 0 Å². The average molecular weight is 486 g/mol. The van der Waals surface area contributed by atoms with Crippen molar-refractivity contribution in [2.75, 3.05) is 31.1 Å². The second kappa shape index (κ2) is 10.5. The summed E-state index contributed by atoms with van der Waals surface area (Å²) in [7, 11) is -2.84. The molecule has 0 radical (unpaired) electrons. The molecule has 1 aliphatic rings. The summed E-state index contributed by atoms with van der Waals surface area (Å²) in [5.41, 5.74) is 1.10. The molecule has 1 atom stereocenters. The van der Waals surface area contributed by atoms with Gasteiger partial charge in [-0.2, -0.15) is 0 Å². The highest BCUT2D eigenvalue weighted by atomic mass is 127. The summed E-state index contributed by atoms with van der Waals surface area (Å²) in [6, 6.07) is 7.79. The number of sulfone groups is 1. The van der Waals surface area contributed by atoms with Gasteiger partial charge >= 0.3 is 0 Å². The number of halogens is 2. The van der Waals surface area contributed by atoms with Gasteiger partial charge in [0.2, 0.25) is 0 Å². The monoisotopic (exact) mass is 485 g/mol. The maximum atomic E-state index is 11.5. The van der Waals surface area contributed by atoms with E-state index in [0.29, 0.717) is 18.7 Å². The number of aliphatic imine (C=N–C) groups is 1. The maximum absolute atomic E-state index is 11.5. The maximum Gasteiger partial charge on any atom is 0.191 e. The van der Waals surface area contributed by atoms with E-state index in [2.05, 4.69) is 15.6 Å². The molecule has 2 rings (SSSR count). The van der Waals surface area contributed by atoms with Crippen molar-refractivity contribution in [1.29, 1.82) is 0 Å². The lowest BCUT2D eigenvalue weighted by molar-refractivity contribution is 0.589. The molecule has 0 bridgehead atoms. The second-order valence-corrected chi connectivity index (χ2v) is 8.39. The number of rotatable bonds is 6. The fourth-order valence-electron chi connectivity index (χ4n) is 2.59. The summed E-state index contributed by atoms with van der Waals surface area (Å²) in [6.45, 7) is 4.03. The van der Waals surface area contributed by atoms with Crippen molar-refractivity contribution in [1.82, 2.24) is 10.6 Å². The molecule has 1 aromatic carbocycles. The largest absolute Gasteiger partial charge is 0.357 e. The molecule has 136 valence electrons. The van der Waals surface area contributed by atoms with E-state index in [0.717, 1.165) is 36.1 Å². The molecule has 0 aromatic heterocycles. The van der Waals surface area contributed by atoms with Crippen LogP contribution in [-0.4, -0.2) is 45.5 Å². The first-order chi connectivity index (χ1) is 11.0. The summed E-state index contributed by atoms with van der Waals surface area (Å²) < 4.78 is 23.0. The predicted octanol–water partition coefficient (Wildman–Crippen LogP) is 2.49. The minimum absolute atomic E-state index is 0. The topological polar surface area (TPSA) is 70.6 Å². The van der Waals surface area contributed by atoms with Crippen LogP contribution in [0, 0.1) is 5.92 Å². The first-order valence-corrected chi connectivity index (χ1v) is 10.2. The van der Waals surface area contributed by atoms with Crippen LogP contribution in [0.15, 0.2) is 29.3 Å². The van der Waals surface area contributed by atoms with Crippen LogP contribution in [0.3, 0.4) is 0 Å². The third kappa shape index (κ3) is 7.14.